The highest BCUT2D eigenvalue weighted by atomic mass is 16.5. The van der Waals surface area contributed by atoms with Crippen molar-refractivity contribution >= 4 is 23.6 Å². The molecular weight excluding hydrogens is 316 g/mol. The van der Waals surface area contributed by atoms with Gasteiger partial charge in [-0.2, -0.15) is 0 Å². The fourth-order valence-electron chi connectivity index (χ4n) is 2.60. The van der Waals surface area contributed by atoms with Gasteiger partial charge in [-0.25, -0.2) is 0 Å². The summed E-state index contributed by atoms with van der Waals surface area (Å²) in [5.41, 5.74) is 2.97. The van der Waals surface area contributed by atoms with Crippen LogP contribution in [0, 0.1) is 5.92 Å². The number of hydrogen-bond donors (Lipinski definition) is 0. The molecule has 0 radical (unpaired) electrons. The molecule has 4 nitrogen and oxygen atoms in total. The van der Waals surface area contributed by atoms with Gasteiger partial charge in [0.2, 0.25) is 0 Å². The highest BCUT2D eigenvalue weighted by molar-refractivity contribution is 6.25. The van der Waals surface area contributed by atoms with Crippen LogP contribution in [-0.4, -0.2) is 17.5 Å². The van der Waals surface area contributed by atoms with Crippen LogP contribution >= 0.6 is 0 Å². The normalized spacial score (nSPS) is 17.3. The first-order chi connectivity index (χ1) is 12.0. The standard InChI is InChI=1S/C21H16O4/c1-14-13-19(23)20(21(24)25-14)18(22)12-9-15-7-10-17(11-8-15)16-5-3-2-4-6-16/h2-13,20H,1H3/b12-9+/t20-/m0/s1. The van der Waals surface area contributed by atoms with Gasteiger partial charge >= 0.3 is 5.97 Å². The number of benzene rings is 2. The van der Waals surface area contributed by atoms with Crippen LogP contribution in [0.3, 0.4) is 0 Å². The van der Waals surface area contributed by atoms with Crippen LogP contribution in [0.1, 0.15) is 12.5 Å². The van der Waals surface area contributed by atoms with E-state index in [1.807, 2.05) is 54.6 Å². The predicted molar refractivity (Wildman–Crippen MR) is 94.3 cm³/mol. The minimum Gasteiger partial charge on any atom is -0.430 e. The van der Waals surface area contributed by atoms with Gasteiger partial charge in [-0.15, -0.1) is 0 Å². The Hall–Kier alpha value is -3.27. The summed E-state index contributed by atoms with van der Waals surface area (Å²) in [5.74, 6) is -3.13. The van der Waals surface area contributed by atoms with Crippen LogP contribution in [0.25, 0.3) is 17.2 Å². The van der Waals surface area contributed by atoms with Gasteiger partial charge in [0.15, 0.2) is 17.5 Å². The Kier molecular flexibility index (Phi) is 4.70. The number of hydrogen-bond acceptors (Lipinski definition) is 4. The molecule has 1 heterocycles. The van der Waals surface area contributed by atoms with E-state index in [-0.39, 0.29) is 5.76 Å². The number of carbonyl (C=O) groups is 3. The minimum atomic E-state index is -1.40. The van der Waals surface area contributed by atoms with Gasteiger partial charge in [0.1, 0.15) is 5.76 Å². The number of cyclic esters (lactones) is 1. The quantitative estimate of drug-likeness (QED) is 0.488. The second-order valence-corrected chi connectivity index (χ2v) is 5.74. The van der Waals surface area contributed by atoms with Gasteiger partial charge < -0.3 is 4.74 Å². The predicted octanol–water partition coefficient (Wildman–Crippen LogP) is 3.58. The molecule has 124 valence electrons. The van der Waals surface area contributed by atoms with E-state index >= 15 is 0 Å². The molecule has 0 fully saturated rings. The molecule has 0 unspecified atom stereocenters. The Morgan fingerprint density at radius 1 is 0.960 bits per heavy atom. The summed E-state index contributed by atoms with van der Waals surface area (Å²) in [6.07, 6.45) is 4.01. The highest BCUT2D eigenvalue weighted by Crippen LogP contribution is 2.20. The Labute approximate surface area is 145 Å². The van der Waals surface area contributed by atoms with E-state index in [1.165, 1.54) is 19.1 Å². The van der Waals surface area contributed by atoms with Gasteiger partial charge in [-0.3, -0.25) is 14.4 Å². The zero-order valence-electron chi connectivity index (χ0n) is 13.6. The lowest BCUT2D eigenvalue weighted by atomic mass is 9.95. The SMILES string of the molecule is CC1=CC(=O)[C@H](C(=O)/C=C/c2ccc(-c3ccccc3)cc2)C(=O)O1. The average molecular weight is 332 g/mol. The monoisotopic (exact) mass is 332 g/mol. The lowest BCUT2D eigenvalue weighted by molar-refractivity contribution is -0.151. The zero-order valence-corrected chi connectivity index (χ0v) is 13.6. The van der Waals surface area contributed by atoms with Gasteiger partial charge in [0, 0.05) is 6.08 Å². The van der Waals surface area contributed by atoms with Crippen molar-refractivity contribution in [3.8, 4) is 11.1 Å². The minimum absolute atomic E-state index is 0.208. The number of carbonyl (C=O) groups excluding carboxylic acids is 3. The van der Waals surface area contributed by atoms with Crippen LogP contribution in [0.15, 0.2) is 72.5 Å². The van der Waals surface area contributed by atoms with Crippen molar-refractivity contribution in [1.82, 2.24) is 0 Å². The van der Waals surface area contributed by atoms with Crippen molar-refractivity contribution in [3.05, 3.63) is 78.1 Å². The maximum absolute atomic E-state index is 12.1. The Morgan fingerprint density at radius 3 is 2.24 bits per heavy atom. The fourth-order valence-corrected chi connectivity index (χ4v) is 2.60. The largest absolute Gasteiger partial charge is 0.430 e. The summed E-state index contributed by atoms with van der Waals surface area (Å²) in [5, 5.41) is 0. The molecule has 2 aromatic rings. The number of rotatable bonds is 4. The van der Waals surface area contributed by atoms with Crippen LogP contribution in [0.5, 0.6) is 0 Å². The summed E-state index contributed by atoms with van der Waals surface area (Å²) < 4.78 is 4.85. The van der Waals surface area contributed by atoms with Crippen molar-refractivity contribution in [2.45, 2.75) is 6.92 Å². The lowest BCUT2D eigenvalue weighted by Crippen LogP contribution is -2.34. The third-order valence-electron chi connectivity index (χ3n) is 3.87. The van der Waals surface area contributed by atoms with Crippen molar-refractivity contribution in [1.29, 1.82) is 0 Å². The number of allylic oxidation sites excluding steroid dienone is 3. The maximum atomic E-state index is 12.1. The Morgan fingerprint density at radius 2 is 1.60 bits per heavy atom. The van der Waals surface area contributed by atoms with Crippen molar-refractivity contribution in [2.24, 2.45) is 5.92 Å². The summed E-state index contributed by atoms with van der Waals surface area (Å²) in [6.45, 7) is 1.50. The third-order valence-corrected chi connectivity index (χ3v) is 3.87. The molecule has 0 spiro atoms. The summed E-state index contributed by atoms with van der Waals surface area (Å²) in [7, 11) is 0. The summed E-state index contributed by atoms with van der Waals surface area (Å²) in [4.78, 5) is 35.7. The molecule has 1 atom stereocenters. The van der Waals surface area contributed by atoms with Crippen LogP contribution in [0.4, 0.5) is 0 Å². The van der Waals surface area contributed by atoms with Gasteiger partial charge in [0.05, 0.1) is 0 Å². The molecule has 0 aromatic heterocycles. The van der Waals surface area contributed by atoms with Crippen molar-refractivity contribution in [2.75, 3.05) is 0 Å². The van der Waals surface area contributed by atoms with Gasteiger partial charge in [-0.1, -0.05) is 60.7 Å². The molecule has 0 amide bonds. The first-order valence-electron chi connectivity index (χ1n) is 7.86. The molecule has 1 aliphatic rings. The van der Waals surface area contributed by atoms with Crippen LogP contribution in [0.2, 0.25) is 0 Å². The molecule has 3 rings (SSSR count). The first-order valence-corrected chi connectivity index (χ1v) is 7.86. The Balaban J connectivity index is 1.73. The van der Waals surface area contributed by atoms with E-state index in [2.05, 4.69) is 0 Å². The summed E-state index contributed by atoms with van der Waals surface area (Å²) in [6, 6.07) is 17.6. The molecule has 2 aromatic carbocycles. The highest BCUT2D eigenvalue weighted by Gasteiger charge is 2.36. The molecule has 1 aliphatic heterocycles. The molecule has 0 aliphatic carbocycles. The first kappa shape index (κ1) is 16.6. The van der Waals surface area contributed by atoms with Crippen LogP contribution in [-0.2, 0) is 19.1 Å². The van der Waals surface area contributed by atoms with Crippen molar-refractivity contribution in [3.63, 3.8) is 0 Å². The van der Waals surface area contributed by atoms with E-state index in [9.17, 15) is 14.4 Å². The third kappa shape index (κ3) is 3.80. The molecule has 0 saturated heterocycles. The number of esters is 1. The second-order valence-electron chi connectivity index (χ2n) is 5.74. The van der Waals surface area contributed by atoms with E-state index in [0.717, 1.165) is 16.7 Å². The number of ether oxygens (including phenoxy) is 1. The topological polar surface area (TPSA) is 60.4 Å². The lowest BCUT2D eigenvalue weighted by Gasteiger charge is -2.15. The molecule has 0 saturated carbocycles. The van der Waals surface area contributed by atoms with Crippen LogP contribution < -0.4 is 0 Å². The summed E-state index contributed by atoms with van der Waals surface area (Å²) >= 11 is 0. The molecule has 0 N–H and O–H groups in total. The van der Waals surface area contributed by atoms with E-state index in [1.54, 1.807) is 6.08 Å². The zero-order chi connectivity index (χ0) is 17.8. The maximum Gasteiger partial charge on any atom is 0.329 e. The molecule has 4 heteroatoms. The number of ketones is 2. The van der Waals surface area contributed by atoms with Crippen molar-refractivity contribution < 1.29 is 19.1 Å². The van der Waals surface area contributed by atoms with Gasteiger partial charge in [-0.05, 0) is 29.7 Å². The fraction of sp³-hybridized carbons (Fsp3) is 0.0952. The molecular formula is C21H16O4. The molecule has 25 heavy (non-hydrogen) atoms. The smallest absolute Gasteiger partial charge is 0.329 e. The van der Waals surface area contributed by atoms with E-state index in [4.69, 9.17) is 4.74 Å². The Bertz CT molecular complexity index is 874. The molecule has 0 bridgehead atoms. The van der Waals surface area contributed by atoms with Gasteiger partial charge in [0.25, 0.3) is 0 Å². The van der Waals surface area contributed by atoms with E-state index < -0.39 is 23.5 Å². The second kappa shape index (κ2) is 7.09. The average Bonchev–Trinajstić information content (AvgIpc) is 2.60. The van der Waals surface area contributed by atoms with E-state index in [0.29, 0.717) is 0 Å².